The molecular formula is C22H17ClF2N2O. The Bertz CT molecular complexity index is 1020. The minimum absolute atomic E-state index is 0.182. The Morgan fingerprint density at radius 1 is 1.04 bits per heavy atom. The number of benzene rings is 3. The van der Waals surface area contributed by atoms with Crippen molar-refractivity contribution in [2.24, 2.45) is 0 Å². The van der Waals surface area contributed by atoms with E-state index >= 15 is 0 Å². The van der Waals surface area contributed by atoms with Crippen LogP contribution in [0.15, 0.2) is 66.7 Å². The van der Waals surface area contributed by atoms with Crippen molar-refractivity contribution in [1.82, 2.24) is 4.90 Å². The highest BCUT2D eigenvalue weighted by molar-refractivity contribution is 6.30. The molecule has 0 spiro atoms. The van der Waals surface area contributed by atoms with E-state index in [0.29, 0.717) is 18.0 Å². The highest BCUT2D eigenvalue weighted by Gasteiger charge is 2.32. The van der Waals surface area contributed by atoms with Gasteiger partial charge in [-0.3, -0.25) is 0 Å². The van der Waals surface area contributed by atoms with Crippen molar-refractivity contribution in [2.75, 3.05) is 11.9 Å². The van der Waals surface area contributed by atoms with Crippen LogP contribution in [0.5, 0.6) is 0 Å². The van der Waals surface area contributed by atoms with Gasteiger partial charge in [0, 0.05) is 17.6 Å². The van der Waals surface area contributed by atoms with Crippen LogP contribution in [0.25, 0.3) is 0 Å². The molecule has 0 saturated carbocycles. The molecule has 2 amide bonds. The van der Waals surface area contributed by atoms with E-state index in [2.05, 4.69) is 5.32 Å². The highest BCUT2D eigenvalue weighted by Crippen LogP contribution is 2.36. The molecule has 0 aliphatic carbocycles. The zero-order valence-electron chi connectivity index (χ0n) is 14.8. The fraction of sp³-hybridized carbons (Fsp3) is 0.136. The minimum atomic E-state index is -0.685. The van der Waals surface area contributed by atoms with Crippen LogP contribution in [0.2, 0.25) is 5.02 Å². The summed E-state index contributed by atoms with van der Waals surface area (Å²) in [5.74, 6) is -1.30. The summed E-state index contributed by atoms with van der Waals surface area (Å²) in [6, 6.07) is 17.4. The third-order valence-corrected chi connectivity index (χ3v) is 5.15. The van der Waals surface area contributed by atoms with Crippen molar-refractivity contribution in [1.29, 1.82) is 0 Å². The van der Waals surface area contributed by atoms with Crippen molar-refractivity contribution >= 4 is 23.3 Å². The first kappa shape index (κ1) is 18.4. The summed E-state index contributed by atoms with van der Waals surface area (Å²) in [6.07, 6.45) is 0.680. The standard InChI is InChI=1S/C22H17ClF2N2O/c23-16-7-5-15(6-8-16)21-18-4-2-1-3-14(18)11-12-27(21)22(28)26-20-13-17(24)9-10-19(20)25/h1-10,13,21H,11-12H2,(H,26,28)/t21-/m0/s1. The van der Waals surface area contributed by atoms with E-state index in [1.807, 2.05) is 36.4 Å². The molecule has 4 rings (SSSR count). The van der Waals surface area contributed by atoms with Gasteiger partial charge < -0.3 is 10.2 Å². The Morgan fingerprint density at radius 3 is 2.57 bits per heavy atom. The zero-order chi connectivity index (χ0) is 19.7. The van der Waals surface area contributed by atoms with E-state index in [4.69, 9.17) is 11.6 Å². The second kappa shape index (κ2) is 7.60. The Balaban J connectivity index is 1.71. The van der Waals surface area contributed by atoms with Crippen molar-refractivity contribution in [3.8, 4) is 0 Å². The van der Waals surface area contributed by atoms with E-state index in [9.17, 15) is 13.6 Å². The number of hydrogen-bond acceptors (Lipinski definition) is 1. The van der Waals surface area contributed by atoms with E-state index in [1.165, 1.54) is 0 Å². The lowest BCUT2D eigenvalue weighted by atomic mass is 9.88. The third-order valence-electron chi connectivity index (χ3n) is 4.90. The molecule has 6 heteroatoms. The van der Waals surface area contributed by atoms with Crippen LogP contribution in [0, 0.1) is 11.6 Å². The Labute approximate surface area is 166 Å². The van der Waals surface area contributed by atoms with Crippen molar-refractivity contribution in [2.45, 2.75) is 12.5 Å². The first-order chi connectivity index (χ1) is 13.5. The summed E-state index contributed by atoms with van der Waals surface area (Å²) in [5.41, 5.74) is 2.87. The van der Waals surface area contributed by atoms with Gasteiger partial charge in [-0.15, -0.1) is 0 Å². The lowest BCUT2D eigenvalue weighted by Crippen LogP contribution is -2.43. The number of nitrogens with zero attached hydrogens (tertiary/aromatic N) is 1. The maximum absolute atomic E-state index is 14.0. The van der Waals surface area contributed by atoms with Gasteiger partial charge in [0.25, 0.3) is 0 Å². The van der Waals surface area contributed by atoms with Gasteiger partial charge in [-0.05, 0) is 47.4 Å². The number of amides is 2. The molecule has 142 valence electrons. The fourth-order valence-electron chi connectivity index (χ4n) is 3.57. The molecule has 3 aromatic rings. The number of fused-ring (bicyclic) bond motifs is 1. The molecule has 1 aliphatic rings. The molecular weight excluding hydrogens is 382 g/mol. The predicted octanol–water partition coefficient (Wildman–Crippen LogP) is 5.80. The van der Waals surface area contributed by atoms with Crippen LogP contribution in [-0.4, -0.2) is 17.5 Å². The number of urea groups is 1. The summed E-state index contributed by atoms with van der Waals surface area (Å²) < 4.78 is 27.5. The van der Waals surface area contributed by atoms with Gasteiger partial charge in [-0.25, -0.2) is 13.6 Å². The zero-order valence-corrected chi connectivity index (χ0v) is 15.6. The molecule has 28 heavy (non-hydrogen) atoms. The van der Waals surface area contributed by atoms with Gasteiger partial charge in [-0.2, -0.15) is 0 Å². The SMILES string of the molecule is O=C(Nc1cc(F)ccc1F)N1CCc2ccccc2[C@@H]1c1ccc(Cl)cc1. The monoisotopic (exact) mass is 398 g/mol. The Hall–Kier alpha value is -2.92. The van der Waals surface area contributed by atoms with Crippen LogP contribution in [0.1, 0.15) is 22.7 Å². The highest BCUT2D eigenvalue weighted by atomic mass is 35.5. The quantitative estimate of drug-likeness (QED) is 0.581. The van der Waals surface area contributed by atoms with Crippen molar-refractivity contribution < 1.29 is 13.6 Å². The Kier molecular flexibility index (Phi) is 5.01. The lowest BCUT2D eigenvalue weighted by Gasteiger charge is -2.37. The van der Waals surface area contributed by atoms with Crippen LogP contribution in [0.3, 0.4) is 0 Å². The molecule has 0 saturated heterocycles. The largest absolute Gasteiger partial charge is 0.322 e. The molecule has 0 radical (unpaired) electrons. The topological polar surface area (TPSA) is 32.3 Å². The van der Waals surface area contributed by atoms with Crippen LogP contribution in [-0.2, 0) is 6.42 Å². The van der Waals surface area contributed by atoms with Gasteiger partial charge in [0.05, 0.1) is 11.7 Å². The fourth-order valence-corrected chi connectivity index (χ4v) is 3.70. The summed E-state index contributed by atoms with van der Waals surface area (Å²) in [4.78, 5) is 14.6. The number of nitrogens with one attached hydrogen (secondary N) is 1. The summed E-state index contributed by atoms with van der Waals surface area (Å²) in [7, 11) is 0. The molecule has 0 bridgehead atoms. The molecule has 3 nitrogen and oxygen atoms in total. The van der Waals surface area contributed by atoms with Gasteiger partial charge in [0.2, 0.25) is 0 Å². The van der Waals surface area contributed by atoms with Gasteiger partial charge in [0.1, 0.15) is 11.6 Å². The summed E-state index contributed by atoms with van der Waals surface area (Å²) >= 11 is 6.02. The number of halogens is 3. The molecule has 1 heterocycles. The maximum Gasteiger partial charge on any atom is 0.322 e. The molecule has 1 N–H and O–H groups in total. The first-order valence-corrected chi connectivity index (χ1v) is 9.26. The molecule has 0 unspecified atom stereocenters. The van der Waals surface area contributed by atoms with Gasteiger partial charge in [0.15, 0.2) is 0 Å². The lowest BCUT2D eigenvalue weighted by molar-refractivity contribution is 0.194. The number of carbonyl (C=O) groups excluding carboxylic acids is 1. The minimum Gasteiger partial charge on any atom is -0.313 e. The number of rotatable bonds is 2. The van der Waals surface area contributed by atoms with Crippen LogP contribution in [0.4, 0.5) is 19.3 Å². The van der Waals surface area contributed by atoms with Gasteiger partial charge >= 0.3 is 6.03 Å². The third kappa shape index (κ3) is 3.58. The van der Waals surface area contributed by atoms with Crippen LogP contribution >= 0.6 is 11.6 Å². The predicted molar refractivity (Wildman–Crippen MR) is 106 cm³/mol. The van der Waals surface area contributed by atoms with Crippen molar-refractivity contribution in [3.63, 3.8) is 0 Å². The molecule has 1 aliphatic heterocycles. The van der Waals surface area contributed by atoms with Crippen molar-refractivity contribution in [3.05, 3.63) is 100 Å². The number of hydrogen-bond donors (Lipinski definition) is 1. The molecule has 1 atom stereocenters. The molecule has 3 aromatic carbocycles. The maximum atomic E-state index is 14.0. The second-order valence-corrected chi connectivity index (χ2v) is 7.09. The van der Waals surface area contributed by atoms with Gasteiger partial charge in [-0.1, -0.05) is 48.0 Å². The van der Waals surface area contributed by atoms with E-state index in [1.54, 1.807) is 17.0 Å². The summed E-state index contributed by atoms with van der Waals surface area (Å²) in [5, 5.41) is 3.11. The average Bonchev–Trinajstić information content (AvgIpc) is 2.70. The Morgan fingerprint density at radius 2 is 1.79 bits per heavy atom. The normalized spacial score (nSPS) is 15.8. The van der Waals surface area contributed by atoms with Crippen LogP contribution < -0.4 is 5.32 Å². The number of anilines is 1. The molecule has 0 aromatic heterocycles. The average molecular weight is 399 g/mol. The first-order valence-electron chi connectivity index (χ1n) is 8.89. The smallest absolute Gasteiger partial charge is 0.313 e. The second-order valence-electron chi connectivity index (χ2n) is 6.65. The molecule has 0 fully saturated rings. The summed E-state index contributed by atoms with van der Waals surface area (Å²) in [6.45, 7) is 0.451. The van der Waals surface area contributed by atoms with E-state index in [-0.39, 0.29) is 11.7 Å². The van der Waals surface area contributed by atoms with E-state index < -0.39 is 17.7 Å². The number of carbonyl (C=O) groups is 1. The van der Waals surface area contributed by atoms with E-state index in [0.717, 1.165) is 34.9 Å².